The molecule has 0 aliphatic heterocycles. The number of pyridine rings is 1. The van der Waals surface area contributed by atoms with Gasteiger partial charge in [-0.1, -0.05) is 18.2 Å². The third-order valence-corrected chi connectivity index (χ3v) is 2.41. The average molecular weight is 242 g/mol. The number of hydrogen-bond donors (Lipinski definition) is 1. The molecule has 1 aromatic carbocycles. The summed E-state index contributed by atoms with van der Waals surface area (Å²) in [6.07, 6.45) is 0. The van der Waals surface area contributed by atoms with Crippen LogP contribution in [0.15, 0.2) is 42.5 Å². The molecule has 1 amide bonds. The summed E-state index contributed by atoms with van der Waals surface area (Å²) in [5.74, 6) is 0.475. The Kier molecular flexibility index (Phi) is 3.57. The fourth-order valence-electron chi connectivity index (χ4n) is 1.65. The highest BCUT2D eigenvalue weighted by molar-refractivity contribution is 5.89. The zero-order chi connectivity index (χ0) is 13.0. The number of amides is 1. The van der Waals surface area contributed by atoms with Crippen LogP contribution in [0.2, 0.25) is 0 Å². The van der Waals surface area contributed by atoms with Crippen LogP contribution < -0.4 is 10.1 Å². The Morgan fingerprint density at radius 3 is 2.72 bits per heavy atom. The summed E-state index contributed by atoms with van der Waals surface area (Å²) in [7, 11) is 1.58. The standard InChI is InChI=1S/C14H14N2O2/c1-10(17)15-12-6-3-5-11(9-12)13-7-4-8-14(16-13)18-2/h3-9H,1-2H3,(H,15,17). The van der Waals surface area contributed by atoms with Gasteiger partial charge < -0.3 is 10.1 Å². The summed E-state index contributed by atoms with van der Waals surface area (Å²) < 4.78 is 5.09. The van der Waals surface area contributed by atoms with Crippen LogP contribution in [-0.4, -0.2) is 18.0 Å². The monoisotopic (exact) mass is 242 g/mol. The molecule has 0 bridgehead atoms. The molecule has 1 heterocycles. The van der Waals surface area contributed by atoms with E-state index in [2.05, 4.69) is 10.3 Å². The highest BCUT2D eigenvalue weighted by Gasteiger charge is 2.03. The minimum atomic E-state index is -0.0919. The van der Waals surface area contributed by atoms with Crippen molar-refractivity contribution in [1.82, 2.24) is 4.98 Å². The minimum absolute atomic E-state index is 0.0919. The van der Waals surface area contributed by atoms with Gasteiger partial charge in [0.1, 0.15) is 0 Å². The number of nitrogens with zero attached hydrogens (tertiary/aromatic N) is 1. The largest absolute Gasteiger partial charge is 0.481 e. The van der Waals surface area contributed by atoms with Crippen LogP contribution in [0.4, 0.5) is 5.69 Å². The van der Waals surface area contributed by atoms with Gasteiger partial charge in [-0.3, -0.25) is 4.79 Å². The van der Waals surface area contributed by atoms with Crippen molar-refractivity contribution in [2.24, 2.45) is 0 Å². The highest BCUT2D eigenvalue weighted by Crippen LogP contribution is 2.22. The Labute approximate surface area is 106 Å². The van der Waals surface area contributed by atoms with E-state index in [1.54, 1.807) is 13.2 Å². The molecular formula is C14H14N2O2. The Balaban J connectivity index is 2.34. The molecule has 0 aliphatic rings. The summed E-state index contributed by atoms with van der Waals surface area (Å²) in [6, 6.07) is 13.1. The number of nitrogens with one attached hydrogen (secondary N) is 1. The SMILES string of the molecule is COc1cccc(-c2cccc(NC(C)=O)c2)n1. The van der Waals surface area contributed by atoms with Crippen LogP contribution in [-0.2, 0) is 4.79 Å². The number of carbonyl (C=O) groups excluding carboxylic acids is 1. The number of hydrogen-bond acceptors (Lipinski definition) is 3. The third-order valence-electron chi connectivity index (χ3n) is 2.41. The fraction of sp³-hybridized carbons (Fsp3) is 0.143. The van der Waals surface area contributed by atoms with Gasteiger partial charge in [-0.05, 0) is 18.2 Å². The van der Waals surface area contributed by atoms with Gasteiger partial charge in [0.25, 0.3) is 0 Å². The smallest absolute Gasteiger partial charge is 0.221 e. The topological polar surface area (TPSA) is 51.2 Å². The van der Waals surface area contributed by atoms with E-state index in [0.29, 0.717) is 5.88 Å². The average Bonchev–Trinajstić information content (AvgIpc) is 2.38. The van der Waals surface area contributed by atoms with Crippen molar-refractivity contribution >= 4 is 11.6 Å². The number of carbonyl (C=O) groups is 1. The van der Waals surface area contributed by atoms with Crippen molar-refractivity contribution in [2.45, 2.75) is 6.92 Å². The Morgan fingerprint density at radius 1 is 1.22 bits per heavy atom. The fourth-order valence-corrected chi connectivity index (χ4v) is 1.65. The highest BCUT2D eigenvalue weighted by atomic mass is 16.5. The van der Waals surface area contributed by atoms with Crippen LogP contribution >= 0.6 is 0 Å². The van der Waals surface area contributed by atoms with Crippen molar-refractivity contribution in [2.75, 3.05) is 12.4 Å². The van der Waals surface area contributed by atoms with Crippen LogP contribution in [0.25, 0.3) is 11.3 Å². The minimum Gasteiger partial charge on any atom is -0.481 e. The quantitative estimate of drug-likeness (QED) is 0.900. The van der Waals surface area contributed by atoms with Gasteiger partial charge in [-0.25, -0.2) is 4.98 Å². The molecule has 2 rings (SSSR count). The normalized spacial score (nSPS) is 9.89. The predicted octanol–water partition coefficient (Wildman–Crippen LogP) is 2.72. The number of aromatic nitrogens is 1. The van der Waals surface area contributed by atoms with Crippen molar-refractivity contribution in [3.05, 3.63) is 42.5 Å². The van der Waals surface area contributed by atoms with E-state index in [1.807, 2.05) is 36.4 Å². The molecule has 1 aromatic heterocycles. The van der Waals surface area contributed by atoms with Crippen molar-refractivity contribution in [3.63, 3.8) is 0 Å². The number of ether oxygens (including phenoxy) is 1. The summed E-state index contributed by atoms with van der Waals surface area (Å²) in [6.45, 7) is 1.48. The second-order valence-corrected chi connectivity index (χ2v) is 3.83. The van der Waals surface area contributed by atoms with Gasteiger partial charge in [0.2, 0.25) is 11.8 Å². The van der Waals surface area contributed by atoms with E-state index < -0.39 is 0 Å². The van der Waals surface area contributed by atoms with E-state index in [0.717, 1.165) is 16.9 Å². The summed E-state index contributed by atoms with van der Waals surface area (Å²) in [5.41, 5.74) is 2.49. The lowest BCUT2D eigenvalue weighted by molar-refractivity contribution is -0.114. The molecule has 1 N–H and O–H groups in total. The van der Waals surface area contributed by atoms with Crippen LogP contribution in [0.5, 0.6) is 5.88 Å². The molecule has 0 fully saturated rings. The maximum atomic E-state index is 11.0. The molecule has 2 aromatic rings. The van der Waals surface area contributed by atoms with Crippen LogP contribution in [0.3, 0.4) is 0 Å². The molecule has 92 valence electrons. The molecule has 0 aliphatic carbocycles. The molecule has 0 spiro atoms. The number of rotatable bonds is 3. The lowest BCUT2D eigenvalue weighted by Gasteiger charge is -2.06. The first-order valence-electron chi connectivity index (χ1n) is 5.58. The molecular weight excluding hydrogens is 228 g/mol. The van der Waals surface area contributed by atoms with Gasteiger partial charge in [0.15, 0.2) is 0 Å². The van der Waals surface area contributed by atoms with Gasteiger partial charge in [0.05, 0.1) is 12.8 Å². The number of benzene rings is 1. The Hall–Kier alpha value is -2.36. The number of anilines is 1. The van der Waals surface area contributed by atoms with E-state index in [1.165, 1.54) is 6.92 Å². The molecule has 18 heavy (non-hydrogen) atoms. The first kappa shape index (κ1) is 12.1. The Bertz CT molecular complexity index is 567. The van der Waals surface area contributed by atoms with Gasteiger partial charge in [-0.2, -0.15) is 0 Å². The summed E-state index contributed by atoms with van der Waals surface area (Å²) in [4.78, 5) is 15.4. The van der Waals surface area contributed by atoms with Crippen LogP contribution in [0.1, 0.15) is 6.92 Å². The molecule has 0 radical (unpaired) electrons. The van der Waals surface area contributed by atoms with Crippen molar-refractivity contribution in [3.8, 4) is 17.1 Å². The third kappa shape index (κ3) is 2.85. The lowest BCUT2D eigenvalue weighted by atomic mass is 10.1. The van der Waals surface area contributed by atoms with Gasteiger partial charge >= 0.3 is 0 Å². The van der Waals surface area contributed by atoms with Crippen molar-refractivity contribution < 1.29 is 9.53 Å². The predicted molar refractivity (Wildman–Crippen MR) is 70.5 cm³/mol. The molecule has 0 saturated carbocycles. The lowest BCUT2D eigenvalue weighted by Crippen LogP contribution is -2.05. The molecule has 4 heteroatoms. The second-order valence-electron chi connectivity index (χ2n) is 3.83. The zero-order valence-electron chi connectivity index (χ0n) is 10.3. The second kappa shape index (κ2) is 5.31. The first-order chi connectivity index (χ1) is 8.69. The molecule has 4 nitrogen and oxygen atoms in total. The summed E-state index contributed by atoms with van der Waals surface area (Å²) >= 11 is 0. The summed E-state index contributed by atoms with van der Waals surface area (Å²) in [5, 5.41) is 2.75. The van der Waals surface area contributed by atoms with E-state index in [9.17, 15) is 4.79 Å². The van der Waals surface area contributed by atoms with E-state index >= 15 is 0 Å². The molecule has 0 unspecified atom stereocenters. The van der Waals surface area contributed by atoms with E-state index in [4.69, 9.17) is 4.74 Å². The van der Waals surface area contributed by atoms with Crippen LogP contribution in [0, 0.1) is 0 Å². The number of methoxy groups -OCH3 is 1. The Morgan fingerprint density at radius 2 is 2.00 bits per heavy atom. The maximum absolute atomic E-state index is 11.0. The first-order valence-corrected chi connectivity index (χ1v) is 5.58. The zero-order valence-corrected chi connectivity index (χ0v) is 10.3. The van der Waals surface area contributed by atoms with Gasteiger partial charge in [-0.15, -0.1) is 0 Å². The van der Waals surface area contributed by atoms with Crippen molar-refractivity contribution in [1.29, 1.82) is 0 Å². The van der Waals surface area contributed by atoms with E-state index in [-0.39, 0.29) is 5.91 Å². The van der Waals surface area contributed by atoms with Gasteiger partial charge in [0, 0.05) is 24.2 Å². The molecule has 0 atom stereocenters. The maximum Gasteiger partial charge on any atom is 0.221 e. The molecule has 0 saturated heterocycles.